The molecule has 3 rings (SSSR count). The summed E-state index contributed by atoms with van der Waals surface area (Å²) in [5.41, 5.74) is 2.90. The first-order chi connectivity index (χ1) is 12.6. The topological polar surface area (TPSA) is 32.3 Å². The molecule has 3 nitrogen and oxygen atoms in total. The van der Waals surface area contributed by atoms with Crippen LogP contribution in [0.15, 0.2) is 48.5 Å². The number of halogens is 2. The fourth-order valence-corrected chi connectivity index (χ4v) is 3.93. The zero-order valence-corrected chi connectivity index (χ0v) is 17.4. The fourth-order valence-electron chi connectivity index (χ4n) is 3.67. The SMILES string of the molecule is Cc1cccc(C(=O)NCC(c2ccccc2Cl)N2CCCCCC2)c1.Cl. The van der Waals surface area contributed by atoms with Gasteiger partial charge >= 0.3 is 0 Å². The van der Waals surface area contributed by atoms with Gasteiger partial charge in [0.25, 0.3) is 5.91 Å². The van der Waals surface area contributed by atoms with E-state index in [0.29, 0.717) is 12.1 Å². The quantitative estimate of drug-likeness (QED) is 0.718. The van der Waals surface area contributed by atoms with Crippen LogP contribution in [0.4, 0.5) is 0 Å². The number of likely N-dealkylation sites (tertiary alicyclic amines) is 1. The van der Waals surface area contributed by atoms with Crippen molar-refractivity contribution in [3.8, 4) is 0 Å². The molecule has 0 radical (unpaired) electrons. The number of aryl methyl sites for hydroxylation is 1. The summed E-state index contributed by atoms with van der Waals surface area (Å²) in [6.07, 6.45) is 4.96. The smallest absolute Gasteiger partial charge is 0.251 e. The second-order valence-electron chi connectivity index (χ2n) is 7.07. The standard InChI is InChI=1S/C22H27ClN2O.ClH/c1-17-9-8-10-18(15-17)22(26)24-16-21(19-11-4-5-12-20(19)23)25-13-6-2-3-7-14-25;/h4-5,8-12,15,21H,2-3,6-7,13-14,16H2,1H3,(H,24,26);1H. The van der Waals surface area contributed by atoms with Crippen molar-refractivity contribution in [2.24, 2.45) is 0 Å². The van der Waals surface area contributed by atoms with Crippen molar-refractivity contribution in [1.29, 1.82) is 0 Å². The van der Waals surface area contributed by atoms with E-state index in [9.17, 15) is 4.79 Å². The van der Waals surface area contributed by atoms with E-state index in [-0.39, 0.29) is 24.4 Å². The summed E-state index contributed by atoms with van der Waals surface area (Å²) in [6.45, 7) is 4.67. The van der Waals surface area contributed by atoms with Crippen LogP contribution in [0.25, 0.3) is 0 Å². The molecule has 0 spiro atoms. The van der Waals surface area contributed by atoms with E-state index >= 15 is 0 Å². The molecule has 0 aromatic heterocycles. The number of hydrogen-bond acceptors (Lipinski definition) is 2. The Balaban J connectivity index is 0.00000261. The number of benzene rings is 2. The van der Waals surface area contributed by atoms with Crippen LogP contribution in [-0.4, -0.2) is 30.4 Å². The Morgan fingerprint density at radius 1 is 1.07 bits per heavy atom. The van der Waals surface area contributed by atoms with Gasteiger partial charge in [0, 0.05) is 17.1 Å². The molecule has 0 bridgehead atoms. The first-order valence-corrected chi connectivity index (χ1v) is 9.86. The molecule has 1 saturated heterocycles. The highest BCUT2D eigenvalue weighted by molar-refractivity contribution is 6.31. The molecule has 0 aliphatic carbocycles. The third kappa shape index (κ3) is 5.97. The molecule has 0 saturated carbocycles. The zero-order valence-electron chi connectivity index (χ0n) is 15.8. The number of rotatable bonds is 5. The summed E-state index contributed by atoms with van der Waals surface area (Å²) in [4.78, 5) is 15.1. The first-order valence-electron chi connectivity index (χ1n) is 9.48. The molecule has 1 atom stereocenters. The van der Waals surface area contributed by atoms with Gasteiger partial charge < -0.3 is 5.32 Å². The Hall–Kier alpha value is -1.55. The number of amides is 1. The normalized spacial score (nSPS) is 16.1. The van der Waals surface area contributed by atoms with Crippen molar-refractivity contribution >= 4 is 29.9 Å². The van der Waals surface area contributed by atoms with E-state index in [1.54, 1.807) is 0 Å². The van der Waals surface area contributed by atoms with Gasteiger partial charge in [0.15, 0.2) is 0 Å². The molecule has 1 aliphatic rings. The zero-order chi connectivity index (χ0) is 18.4. The van der Waals surface area contributed by atoms with Crippen molar-refractivity contribution in [2.75, 3.05) is 19.6 Å². The molecule has 1 fully saturated rings. The Kier molecular flexibility index (Phi) is 8.62. The van der Waals surface area contributed by atoms with Crippen LogP contribution in [0.1, 0.15) is 53.2 Å². The molecule has 1 heterocycles. The van der Waals surface area contributed by atoms with Crippen LogP contribution in [0.2, 0.25) is 5.02 Å². The minimum Gasteiger partial charge on any atom is -0.350 e. The highest BCUT2D eigenvalue weighted by atomic mass is 35.5. The highest BCUT2D eigenvalue weighted by Crippen LogP contribution is 2.29. The third-order valence-electron chi connectivity index (χ3n) is 5.08. The summed E-state index contributed by atoms with van der Waals surface area (Å²) < 4.78 is 0. The number of carbonyl (C=O) groups is 1. The lowest BCUT2D eigenvalue weighted by Crippen LogP contribution is -2.38. The van der Waals surface area contributed by atoms with Crippen molar-refractivity contribution in [3.05, 3.63) is 70.2 Å². The largest absolute Gasteiger partial charge is 0.350 e. The van der Waals surface area contributed by atoms with E-state index in [0.717, 1.165) is 29.2 Å². The molecule has 27 heavy (non-hydrogen) atoms. The molecule has 1 aliphatic heterocycles. The van der Waals surface area contributed by atoms with Gasteiger partial charge in [0.2, 0.25) is 0 Å². The second-order valence-corrected chi connectivity index (χ2v) is 7.47. The van der Waals surface area contributed by atoms with Crippen molar-refractivity contribution in [2.45, 2.75) is 38.6 Å². The van der Waals surface area contributed by atoms with Crippen LogP contribution in [0.5, 0.6) is 0 Å². The fraction of sp³-hybridized carbons (Fsp3) is 0.409. The van der Waals surface area contributed by atoms with Gasteiger partial charge in [-0.3, -0.25) is 9.69 Å². The summed E-state index contributed by atoms with van der Waals surface area (Å²) in [5, 5.41) is 3.90. The van der Waals surface area contributed by atoms with Crippen molar-refractivity contribution in [3.63, 3.8) is 0 Å². The Bertz CT molecular complexity index is 743. The molecule has 1 N–H and O–H groups in total. The minimum absolute atomic E-state index is 0. The van der Waals surface area contributed by atoms with E-state index in [2.05, 4.69) is 16.3 Å². The first kappa shape index (κ1) is 21.7. The van der Waals surface area contributed by atoms with E-state index in [4.69, 9.17) is 11.6 Å². The lowest BCUT2D eigenvalue weighted by atomic mass is 10.0. The average molecular weight is 407 g/mol. The summed E-state index contributed by atoms with van der Waals surface area (Å²) in [6, 6.07) is 15.8. The summed E-state index contributed by atoms with van der Waals surface area (Å²) in [5.74, 6) is -0.0272. The number of carbonyl (C=O) groups excluding carboxylic acids is 1. The molecule has 5 heteroatoms. The van der Waals surface area contributed by atoms with Crippen molar-refractivity contribution < 1.29 is 4.79 Å². The molecular weight excluding hydrogens is 379 g/mol. The van der Waals surface area contributed by atoms with Crippen molar-refractivity contribution in [1.82, 2.24) is 10.2 Å². The van der Waals surface area contributed by atoms with Crippen LogP contribution >= 0.6 is 24.0 Å². The maximum absolute atomic E-state index is 12.6. The number of nitrogens with zero attached hydrogens (tertiary/aromatic N) is 1. The van der Waals surface area contributed by atoms with Crippen LogP contribution in [0.3, 0.4) is 0 Å². The van der Waals surface area contributed by atoms with Gasteiger partial charge in [-0.1, -0.05) is 60.3 Å². The van der Waals surface area contributed by atoms with Gasteiger partial charge in [-0.15, -0.1) is 12.4 Å². The predicted octanol–water partition coefficient (Wildman–Crippen LogP) is 5.42. The van der Waals surface area contributed by atoms with Gasteiger partial charge in [0.1, 0.15) is 0 Å². The maximum atomic E-state index is 12.6. The molecule has 1 unspecified atom stereocenters. The van der Waals surface area contributed by atoms with Crippen LogP contribution in [0, 0.1) is 6.92 Å². The monoisotopic (exact) mass is 406 g/mol. The lowest BCUT2D eigenvalue weighted by Gasteiger charge is -2.31. The second kappa shape index (κ2) is 10.7. The predicted molar refractivity (Wildman–Crippen MR) is 115 cm³/mol. The molecule has 146 valence electrons. The van der Waals surface area contributed by atoms with Gasteiger partial charge in [-0.2, -0.15) is 0 Å². The maximum Gasteiger partial charge on any atom is 0.251 e. The highest BCUT2D eigenvalue weighted by Gasteiger charge is 2.24. The molecular formula is C22H28Cl2N2O. The number of hydrogen-bond donors (Lipinski definition) is 1. The third-order valence-corrected chi connectivity index (χ3v) is 5.43. The Labute approximate surface area is 173 Å². The molecule has 1 amide bonds. The van der Waals surface area contributed by atoms with Gasteiger partial charge in [-0.05, 0) is 56.6 Å². The van der Waals surface area contributed by atoms with Crippen LogP contribution in [-0.2, 0) is 0 Å². The van der Waals surface area contributed by atoms with E-state index < -0.39 is 0 Å². The van der Waals surface area contributed by atoms with E-state index in [1.807, 2.05) is 49.4 Å². The van der Waals surface area contributed by atoms with Gasteiger partial charge in [-0.25, -0.2) is 0 Å². The minimum atomic E-state index is -0.0272. The Morgan fingerprint density at radius 3 is 2.44 bits per heavy atom. The summed E-state index contributed by atoms with van der Waals surface area (Å²) >= 11 is 6.49. The molecule has 2 aromatic rings. The van der Waals surface area contributed by atoms with Crippen LogP contribution < -0.4 is 5.32 Å². The van der Waals surface area contributed by atoms with E-state index in [1.165, 1.54) is 25.7 Å². The number of nitrogens with one attached hydrogen (secondary N) is 1. The Morgan fingerprint density at radius 2 is 1.78 bits per heavy atom. The average Bonchev–Trinajstić information content (AvgIpc) is 2.92. The lowest BCUT2D eigenvalue weighted by molar-refractivity contribution is 0.0933. The summed E-state index contributed by atoms with van der Waals surface area (Å²) in [7, 11) is 0. The van der Waals surface area contributed by atoms with Gasteiger partial charge in [0.05, 0.1) is 6.04 Å². The molecule has 2 aromatic carbocycles.